The number of nitrogen functional groups attached to an aromatic ring is 1. The second kappa shape index (κ2) is 8.09. The SMILES string of the molecule is Nn1c(SCC(=O)N2N=C(c3cccs3)CC2c2ccco2)nnc1-c1cccs1. The van der Waals surface area contributed by atoms with Crippen LogP contribution in [0.4, 0.5) is 0 Å². The molecule has 30 heavy (non-hydrogen) atoms. The zero-order valence-electron chi connectivity index (χ0n) is 15.5. The normalized spacial score (nSPS) is 16.2. The van der Waals surface area contributed by atoms with E-state index >= 15 is 0 Å². The van der Waals surface area contributed by atoms with E-state index in [0.717, 1.165) is 15.5 Å². The monoisotopic (exact) mass is 456 g/mol. The minimum Gasteiger partial charge on any atom is -0.467 e. The van der Waals surface area contributed by atoms with Gasteiger partial charge < -0.3 is 10.3 Å². The molecule has 0 saturated heterocycles. The van der Waals surface area contributed by atoms with Crippen LogP contribution in [0.25, 0.3) is 10.7 Å². The molecule has 0 aromatic carbocycles. The van der Waals surface area contributed by atoms with Gasteiger partial charge in [0.15, 0.2) is 5.82 Å². The van der Waals surface area contributed by atoms with E-state index < -0.39 is 0 Å². The summed E-state index contributed by atoms with van der Waals surface area (Å²) in [6.45, 7) is 0. The van der Waals surface area contributed by atoms with Crippen molar-refractivity contribution in [3.8, 4) is 10.7 Å². The lowest BCUT2D eigenvalue weighted by Crippen LogP contribution is -2.28. The van der Waals surface area contributed by atoms with Gasteiger partial charge in [-0.3, -0.25) is 4.79 Å². The number of carbonyl (C=O) groups excluding carboxylic acids is 1. The molecule has 1 amide bonds. The number of nitrogens with zero attached hydrogens (tertiary/aromatic N) is 5. The molecular weight excluding hydrogens is 440 g/mol. The van der Waals surface area contributed by atoms with Crippen molar-refractivity contribution >= 4 is 46.1 Å². The Hall–Kier alpha value is -2.89. The third kappa shape index (κ3) is 3.55. The van der Waals surface area contributed by atoms with E-state index in [1.54, 1.807) is 17.6 Å². The molecule has 2 N–H and O–H groups in total. The summed E-state index contributed by atoms with van der Waals surface area (Å²) in [6.07, 6.45) is 2.22. The first kappa shape index (κ1) is 19.1. The molecule has 5 rings (SSSR count). The molecule has 152 valence electrons. The predicted molar refractivity (Wildman–Crippen MR) is 118 cm³/mol. The lowest BCUT2D eigenvalue weighted by Gasteiger charge is -2.19. The van der Waals surface area contributed by atoms with Crippen molar-refractivity contribution in [2.75, 3.05) is 11.6 Å². The van der Waals surface area contributed by atoms with Crippen LogP contribution in [-0.4, -0.2) is 37.3 Å². The Bertz CT molecular complexity index is 1170. The van der Waals surface area contributed by atoms with Gasteiger partial charge in [-0.25, -0.2) is 9.69 Å². The summed E-state index contributed by atoms with van der Waals surface area (Å²) in [5.41, 5.74) is 0.881. The smallest absolute Gasteiger partial charge is 0.253 e. The van der Waals surface area contributed by atoms with E-state index in [9.17, 15) is 4.79 Å². The Morgan fingerprint density at radius 2 is 1.97 bits per heavy atom. The average Bonchev–Trinajstić information content (AvgIpc) is 3.56. The highest BCUT2D eigenvalue weighted by Gasteiger charge is 2.35. The van der Waals surface area contributed by atoms with Crippen molar-refractivity contribution in [1.29, 1.82) is 0 Å². The standard InChI is InChI=1S/C19H16N6O2S3/c20-24-18(16-6-3-9-29-16)21-22-19(24)30-11-17(26)25-13(14-4-1-7-27-14)10-12(23-25)15-5-2-8-28-15/h1-9,13H,10-11,20H2. The maximum atomic E-state index is 13.0. The van der Waals surface area contributed by atoms with Crippen molar-refractivity contribution in [2.45, 2.75) is 17.6 Å². The molecular formula is C19H16N6O2S3. The number of hydrazone groups is 1. The maximum absolute atomic E-state index is 13.0. The van der Waals surface area contributed by atoms with Crippen molar-refractivity contribution in [3.63, 3.8) is 0 Å². The summed E-state index contributed by atoms with van der Waals surface area (Å²) in [7, 11) is 0. The number of thiophene rings is 2. The Balaban J connectivity index is 1.34. The van der Waals surface area contributed by atoms with E-state index in [-0.39, 0.29) is 17.7 Å². The molecule has 1 atom stereocenters. The number of nitrogens with two attached hydrogens (primary N) is 1. The zero-order valence-corrected chi connectivity index (χ0v) is 18.0. The lowest BCUT2D eigenvalue weighted by molar-refractivity contribution is -0.130. The number of furan rings is 1. The Morgan fingerprint density at radius 3 is 2.67 bits per heavy atom. The number of carbonyl (C=O) groups is 1. The van der Waals surface area contributed by atoms with Gasteiger partial charge in [0.2, 0.25) is 5.16 Å². The van der Waals surface area contributed by atoms with Gasteiger partial charge in [-0.2, -0.15) is 5.10 Å². The van der Waals surface area contributed by atoms with Crippen LogP contribution >= 0.6 is 34.4 Å². The van der Waals surface area contributed by atoms with Crippen LogP contribution in [0.15, 0.2) is 68.1 Å². The molecule has 11 heteroatoms. The summed E-state index contributed by atoms with van der Waals surface area (Å²) >= 11 is 4.37. The van der Waals surface area contributed by atoms with Crippen LogP contribution < -0.4 is 5.84 Å². The topological polar surface area (TPSA) is 103 Å². The molecule has 0 fully saturated rings. The molecule has 4 aromatic heterocycles. The summed E-state index contributed by atoms with van der Waals surface area (Å²) in [4.78, 5) is 15.0. The van der Waals surface area contributed by atoms with Gasteiger partial charge in [0.25, 0.3) is 5.91 Å². The molecule has 4 aromatic rings. The van der Waals surface area contributed by atoms with E-state index in [2.05, 4.69) is 15.3 Å². The molecule has 1 aliphatic heterocycles. The molecule has 0 bridgehead atoms. The number of hydrogen-bond donors (Lipinski definition) is 1. The van der Waals surface area contributed by atoms with Gasteiger partial charge in [0.1, 0.15) is 11.8 Å². The molecule has 0 radical (unpaired) electrons. The Morgan fingerprint density at radius 1 is 1.17 bits per heavy atom. The highest BCUT2D eigenvalue weighted by atomic mass is 32.2. The third-order valence-electron chi connectivity index (χ3n) is 4.57. The van der Waals surface area contributed by atoms with Crippen LogP contribution in [0.3, 0.4) is 0 Å². The van der Waals surface area contributed by atoms with Gasteiger partial charge in [-0.05, 0) is 35.0 Å². The van der Waals surface area contributed by atoms with Crippen molar-refractivity contribution in [2.24, 2.45) is 5.10 Å². The summed E-state index contributed by atoms with van der Waals surface area (Å²) in [5.74, 6) is 7.42. The summed E-state index contributed by atoms with van der Waals surface area (Å²) in [5, 5.41) is 18.8. The summed E-state index contributed by atoms with van der Waals surface area (Å²) in [6, 6.07) is 11.3. The molecule has 0 saturated carbocycles. The number of aromatic nitrogens is 3. The minimum absolute atomic E-state index is 0.137. The van der Waals surface area contributed by atoms with E-state index in [0.29, 0.717) is 23.2 Å². The average molecular weight is 457 g/mol. The number of thioether (sulfide) groups is 1. The summed E-state index contributed by atoms with van der Waals surface area (Å²) < 4.78 is 6.99. The fourth-order valence-electron chi connectivity index (χ4n) is 3.18. The van der Waals surface area contributed by atoms with Crippen LogP contribution in [0.5, 0.6) is 0 Å². The van der Waals surface area contributed by atoms with Crippen molar-refractivity contribution < 1.29 is 9.21 Å². The fourth-order valence-corrected chi connectivity index (χ4v) is 5.31. The molecule has 1 unspecified atom stereocenters. The van der Waals surface area contributed by atoms with Crippen molar-refractivity contribution in [3.05, 3.63) is 64.1 Å². The first-order valence-electron chi connectivity index (χ1n) is 9.04. The number of amides is 1. The van der Waals surface area contributed by atoms with Crippen molar-refractivity contribution in [1.82, 2.24) is 19.9 Å². The predicted octanol–water partition coefficient (Wildman–Crippen LogP) is 3.84. The largest absolute Gasteiger partial charge is 0.467 e. The highest BCUT2D eigenvalue weighted by Crippen LogP contribution is 2.35. The first-order valence-corrected chi connectivity index (χ1v) is 11.8. The Labute approximate surface area is 184 Å². The Kier molecular flexibility index (Phi) is 5.15. The minimum atomic E-state index is -0.261. The molecule has 0 aliphatic carbocycles. The molecule has 1 aliphatic rings. The highest BCUT2D eigenvalue weighted by molar-refractivity contribution is 7.99. The van der Waals surface area contributed by atoms with Crippen LogP contribution in [0.1, 0.15) is 23.1 Å². The quantitative estimate of drug-likeness (QED) is 0.349. The molecule has 0 spiro atoms. The second-order valence-corrected chi connectivity index (χ2v) is 9.28. The fraction of sp³-hybridized carbons (Fsp3) is 0.158. The van der Waals surface area contributed by atoms with E-state index in [1.165, 1.54) is 32.8 Å². The van der Waals surface area contributed by atoms with Gasteiger partial charge in [-0.1, -0.05) is 23.9 Å². The van der Waals surface area contributed by atoms with Gasteiger partial charge in [0, 0.05) is 6.42 Å². The number of rotatable bonds is 6. The van der Waals surface area contributed by atoms with Crippen LogP contribution in [-0.2, 0) is 4.79 Å². The molecule has 8 nitrogen and oxygen atoms in total. The van der Waals surface area contributed by atoms with Crippen LogP contribution in [0, 0.1) is 0 Å². The second-order valence-electron chi connectivity index (χ2n) is 6.44. The van der Waals surface area contributed by atoms with Gasteiger partial charge in [0.05, 0.1) is 27.5 Å². The third-order valence-corrected chi connectivity index (χ3v) is 7.29. The van der Waals surface area contributed by atoms with Gasteiger partial charge in [-0.15, -0.1) is 32.9 Å². The van der Waals surface area contributed by atoms with Crippen LogP contribution in [0.2, 0.25) is 0 Å². The van der Waals surface area contributed by atoms with E-state index in [4.69, 9.17) is 10.3 Å². The van der Waals surface area contributed by atoms with Gasteiger partial charge >= 0.3 is 0 Å². The van der Waals surface area contributed by atoms with E-state index in [1.807, 2.05) is 47.2 Å². The lowest BCUT2D eigenvalue weighted by atomic mass is 10.1. The number of hydrogen-bond acceptors (Lipinski definition) is 9. The first-order chi connectivity index (χ1) is 14.7. The molecule has 5 heterocycles. The maximum Gasteiger partial charge on any atom is 0.253 e. The zero-order chi connectivity index (χ0) is 20.5.